The summed E-state index contributed by atoms with van der Waals surface area (Å²) in [6.07, 6.45) is 1.83. The Hall–Kier alpha value is -0.940. The van der Waals surface area contributed by atoms with E-state index in [2.05, 4.69) is 77.8 Å². The first-order valence-corrected chi connectivity index (χ1v) is 9.42. The van der Waals surface area contributed by atoms with Crippen molar-refractivity contribution >= 4 is 0 Å². The number of piperidine rings is 1. The second-order valence-corrected chi connectivity index (χ2v) is 8.99. The first kappa shape index (κ1) is 18.8. The summed E-state index contributed by atoms with van der Waals surface area (Å²) in [6, 6.07) is 10.4. The second-order valence-electron chi connectivity index (χ2n) is 8.99. The first-order chi connectivity index (χ1) is 11.5. The fraction of sp³-hybridized carbons (Fsp3) is 0.714. The van der Waals surface area contributed by atoms with Gasteiger partial charge in [0.2, 0.25) is 0 Å². The normalized spacial score (nSPS) is 32.0. The highest BCUT2D eigenvalue weighted by atomic mass is 16.8. The van der Waals surface area contributed by atoms with Crippen LogP contribution in [-0.4, -0.2) is 34.1 Å². The molecule has 0 radical (unpaired) electrons. The highest BCUT2D eigenvalue weighted by Gasteiger charge is 2.58. The van der Waals surface area contributed by atoms with Gasteiger partial charge in [0.25, 0.3) is 0 Å². The van der Waals surface area contributed by atoms with Crippen LogP contribution in [0.5, 0.6) is 0 Å². The molecule has 3 rings (SSSR count). The number of benzene rings is 1. The van der Waals surface area contributed by atoms with Crippen molar-refractivity contribution in [3.63, 3.8) is 0 Å². The van der Waals surface area contributed by atoms with Crippen LogP contribution in [0.4, 0.5) is 0 Å². The standard InChI is InChI=1S/C21H33NO3/c1-15-16(2)24-21(23-15)13-19(4,5)22(20(6,7)14-21)25-17(3)18-11-9-8-10-12-18/h8-12,15-17H,13-14H2,1-7H3. The molecule has 0 bridgehead atoms. The predicted octanol–water partition coefficient (Wildman–Crippen LogP) is 4.85. The molecular weight excluding hydrogens is 314 g/mol. The Labute approximate surface area is 152 Å². The predicted molar refractivity (Wildman–Crippen MR) is 99.0 cm³/mol. The maximum atomic E-state index is 6.49. The van der Waals surface area contributed by atoms with E-state index in [1.807, 2.05) is 6.07 Å². The van der Waals surface area contributed by atoms with Crippen LogP contribution in [0.3, 0.4) is 0 Å². The summed E-state index contributed by atoms with van der Waals surface area (Å²) in [6.45, 7) is 15.2. The van der Waals surface area contributed by atoms with Crippen LogP contribution in [0, 0.1) is 0 Å². The van der Waals surface area contributed by atoms with Gasteiger partial charge in [-0.15, -0.1) is 0 Å². The third kappa shape index (κ3) is 3.63. The summed E-state index contributed by atoms with van der Waals surface area (Å²) in [5.41, 5.74) is 0.786. The molecule has 140 valence electrons. The number of rotatable bonds is 3. The minimum atomic E-state index is -0.512. The zero-order valence-electron chi connectivity index (χ0n) is 16.7. The largest absolute Gasteiger partial charge is 0.344 e. The maximum Gasteiger partial charge on any atom is 0.172 e. The van der Waals surface area contributed by atoms with Gasteiger partial charge < -0.3 is 9.47 Å². The van der Waals surface area contributed by atoms with Crippen molar-refractivity contribution in [3.8, 4) is 0 Å². The summed E-state index contributed by atoms with van der Waals surface area (Å²) >= 11 is 0. The molecule has 2 aliphatic rings. The zero-order chi connectivity index (χ0) is 18.5. The fourth-order valence-electron chi connectivity index (χ4n) is 4.64. The SMILES string of the molecule is CC(ON1C(C)(C)CC2(CC1(C)C)OC(C)C(C)O2)c1ccccc1. The number of nitrogens with zero attached hydrogens (tertiary/aromatic N) is 1. The number of ether oxygens (including phenoxy) is 2. The van der Waals surface area contributed by atoms with Gasteiger partial charge in [-0.05, 0) is 54.0 Å². The molecule has 1 aromatic rings. The Bertz CT molecular complexity index is 568. The van der Waals surface area contributed by atoms with E-state index in [0.717, 1.165) is 12.8 Å². The average molecular weight is 347 g/mol. The summed E-state index contributed by atoms with van der Waals surface area (Å²) < 4.78 is 12.6. The first-order valence-electron chi connectivity index (χ1n) is 9.42. The molecule has 2 fully saturated rings. The summed E-state index contributed by atoms with van der Waals surface area (Å²) in [4.78, 5) is 6.49. The number of hydrogen-bond donors (Lipinski definition) is 0. The topological polar surface area (TPSA) is 30.9 Å². The Morgan fingerprint density at radius 3 is 1.92 bits per heavy atom. The van der Waals surface area contributed by atoms with E-state index in [1.54, 1.807) is 0 Å². The molecule has 25 heavy (non-hydrogen) atoms. The highest BCUT2D eigenvalue weighted by Crippen LogP contribution is 2.50. The van der Waals surface area contributed by atoms with Crippen molar-refractivity contribution in [1.29, 1.82) is 0 Å². The Balaban J connectivity index is 1.81. The van der Waals surface area contributed by atoms with E-state index in [1.165, 1.54) is 5.56 Å². The quantitative estimate of drug-likeness (QED) is 0.782. The van der Waals surface area contributed by atoms with E-state index in [-0.39, 0.29) is 29.4 Å². The van der Waals surface area contributed by atoms with Gasteiger partial charge >= 0.3 is 0 Å². The van der Waals surface area contributed by atoms with E-state index in [4.69, 9.17) is 14.3 Å². The molecule has 0 saturated carbocycles. The second kappa shape index (κ2) is 6.34. The van der Waals surface area contributed by atoms with E-state index < -0.39 is 5.79 Å². The van der Waals surface area contributed by atoms with Crippen LogP contribution in [0.2, 0.25) is 0 Å². The lowest BCUT2D eigenvalue weighted by Crippen LogP contribution is -2.65. The van der Waals surface area contributed by atoms with Gasteiger partial charge in [0, 0.05) is 23.9 Å². The van der Waals surface area contributed by atoms with Gasteiger partial charge in [-0.3, -0.25) is 4.84 Å². The van der Waals surface area contributed by atoms with Crippen molar-refractivity contribution in [2.75, 3.05) is 0 Å². The van der Waals surface area contributed by atoms with Gasteiger partial charge in [0.05, 0.1) is 12.2 Å². The summed E-state index contributed by atoms with van der Waals surface area (Å²) in [7, 11) is 0. The lowest BCUT2D eigenvalue weighted by molar-refractivity contribution is -0.352. The molecule has 0 amide bonds. The van der Waals surface area contributed by atoms with Crippen molar-refractivity contribution in [3.05, 3.63) is 35.9 Å². The molecular formula is C21H33NO3. The average Bonchev–Trinajstić information content (AvgIpc) is 2.76. The maximum absolute atomic E-state index is 6.49. The summed E-state index contributed by atoms with van der Waals surface area (Å²) in [5, 5.41) is 2.17. The lowest BCUT2D eigenvalue weighted by Gasteiger charge is -2.56. The lowest BCUT2D eigenvalue weighted by atomic mass is 9.78. The van der Waals surface area contributed by atoms with E-state index >= 15 is 0 Å². The fourth-order valence-corrected chi connectivity index (χ4v) is 4.64. The molecule has 0 aliphatic carbocycles. The van der Waals surface area contributed by atoms with Crippen LogP contribution in [0.15, 0.2) is 30.3 Å². The molecule has 0 N–H and O–H groups in total. The molecule has 0 aromatic heterocycles. The molecule has 2 aliphatic heterocycles. The number of hydroxylamine groups is 2. The third-order valence-electron chi connectivity index (χ3n) is 5.50. The van der Waals surface area contributed by atoms with Gasteiger partial charge in [0.15, 0.2) is 5.79 Å². The van der Waals surface area contributed by atoms with Crippen molar-refractivity contribution < 1.29 is 14.3 Å². The van der Waals surface area contributed by atoms with Gasteiger partial charge in [-0.2, -0.15) is 5.06 Å². The molecule has 1 aromatic carbocycles. The van der Waals surface area contributed by atoms with Gasteiger partial charge in [-0.25, -0.2) is 0 Å². The van der Waals surface area contributed by atoms with Crippen molar-refractivity contribution in [1.82, 2.24) is 5.06 Å². The van der Waals surface area contributed by atoms with E-state index in [0.29, 0.717) is 0 Å². The molecule has 2 heterocycles. The van der Waals surface area contributed by atoms with Gasteiger partial charge in [-0.1, -0.05) is 30.3 Å². The molecule has 3 atom stereocenters. The Morgan fingerprint density at radius 2 is 1.44 bits per heavy atom. The minimum Gasteiger partial charge on any atom is -0.344 e. The zero-order valence-corrected chi connectivity index (χ0v) is 16.7. The van der Waals surface area contributed by atoms with Crippen LogP contribution in [0.1, 0.15) is 73.0 Å². The minimum absolute atomic E-state index is 0.00272. The summed E-state index contributed by atoms with van der Waals surface area (Å²) in [5.74, 6) is -0.512. The van der Waals surface area contributed by atoms with Crippen LogP contribution in [0.25, 0.3) is 0 Å². The monoisotopic (exact) mass is 347 g/mol. The van der Waals surface area contributed by atoms with E-state index in [9.17, 15) is 0 Å². The molecule has 4 nitrogen and oxygen atoms in total. The van der Waals surface area contributed by atoms with Crippen LogP contribution >= 0.6 is 0 Å². The van der Waals surface area contributed by atoms with Crippen LogP contribution < -0.4 is 0 Å². The molecule has 4 heteroatoms. The Kier molecular flexibility index (Phi) is 4.78. The molecule has 1 spiro atoms. The molecule has 2 saturated heterocycles. The Morgan fingerprint density at radius 1 is 0.960 bits per heavy atom. The highest BCUT2D eigenvalue weighted by molar-refractivity contribution is 5.17. The van der Waals surface area contributed by atoms with Gasteiger partial charge in [0.1, 0.15) is 6.10 Å². The van der Waals surface area contributed by atoms with Crippen molar-refractivity contribution in [2.45, 2.75) is 96.5 Å². The van der Waals surface area contributed by atoms with Crippen molar-refractivity contribution in [2.24, 2.45) is 0 Å². The molecule has 3 unspecified atom stereocenters. The third-order valence-corrected chi connectivity index (χ3v) is 5.50. The number of hydrogen-bond acceptors (Lipinski definition) is 4. The smallest absolute Gasteiger partial charge is 0.172 e. The van der Waals surface area contributed by atoms with Crippen LogP contribution in [-0.2, 0) is 14.3 Å².